The molecule has 27 heavy (non-hydrogen) atoms. The Labute approximate surface area is 164 Å². The van der Waals surface area contributed by atoms with E-state index in [1.165, 1.54) is 0 Å². The van der Waals surface area contributed by atoms with Crippen LogP contribution in [-0.2, 0) is 4.79 Å². The second-order valence-electron chi connectivity index (χ2n) is 6.58. The quantitative estimate of drug-likeness (QED) is 0.720. The fourth-order valence-corrected chi connectivity index (χ4v) is 3.24. The maximum absolute atomic E-state index is 9.00. The van der Waals surface area contributed by atoms with Gasteiger partial charge < -0.3 is 20.2 Å². The van der Waals surface area contributed by atoms with Crippen molar-refractivity contribution in [2.45, 2.75) is 6.92 Å². The molecule has 6 nitrogen and oxygen atoms in total. The molecule has 1 fully saturated rings. The van der Waals surface area contributed by atoms with Crippen LogP contribution >= 0.6 is 11.6 Å². The average Bonchev–Trinajstić information content (AvgIpc) is 2.78. The smallest absolute Gasteiger partial charge is 0.300 e. The maximum Gasteiger partial charge on any atom is 0.300 e. The molecule has 2 aliphatic heterocycles. The van der Waals surface area contributed by atoms with Gasteiger partial charge in [-0.2, -0.15) is 0 Å². The minimum atomic E-state index is -0.833. The van der Waals surface area contributed by atoms with Crippen molar-refractivity contribution in [1.82, 2.24) is 9.80 Å². The molecule has 2 aromatic carbocycles. The zero-order valence-corrected chi connectivity index (χ0v) is 16.2. The number of carboxylic acid groups (broad SMARTS) is 1. The van der Waals surface area contributed by atoms with E-state index in [1.807, 2.05) is 24.3 Å². The van der Waals surface area contributed by atoms with Crippen LogP contribution in [0.1, 0.15) is 12.5 Å². The number of nitrogens with one attached hydrogen (secondary N) is 1. The number of aliphatic imine (C=N–C) groups is 1. The molecule has 2 aromatic rings. The topological polar surface area (TPSA) is 68.2 Å². The molecule has 142 valence electrons. The zero-order valence-electron chi connectivity index (χ0n) is 15.4. The number of benzene rings is 2. The van der Waals surface area contributed by atoms with Gasteiger partial charge in [0.2, 0.25) is 0 Å². The standard InChI is InChI=1S/C18H19ClN4.C2H4O2/c1-22-8-10-23(11-9-22)18-14-4-2-3-5-15(14)20-16-7-6-13(19)12-17(16)21-18;1-2(3)4/h2-7,12,20H,8-11H2,1H3;1H3,(H,3,4). The zero-order chi connectivity index (χ0) is 19.4. The lowest BCUT2D eigenvalue weighted by atomic mass is 10.1. The number of piperazine rings is 1. The number of nitrogens with zero attached hydrogens (tertiary/aromatic N) is 3. The number of fused-ring (bicyclic) bond motifs is 2. The number of likely N-dealkylation sites (N-methyl/N-ethyl adjacent to an activating group) is 1. The summed E-state index contributed by atoms with van der Waals surface area (Å²) in [6.45, 7) is 5.16. The van der Waals surface area contributed by atoms with Gasteiger partial charge in [-0.15, -0.1) is 0 Å². The molecule has 0 atom stereocenters. The number of halogens is 1. The maximum atomic E-state index is 9.00. The number of carboxylic acids is 1. The molecule has 0 unspecified atom stereocenters. The lowest BCUT2D eigenvalue weighted by molar-refractivity contribution is -0.134. The van der Waals surface area contributed by atoms with E-state index in [1.54, 1.807) is 0 Å². The Morgan fingerprint density at radius 3 is 2.48 bits per heavy atom. The van der Waals surface area contributed by atoms with Gasteiger partial charge >= 0.3 is 0 Å². The largest absolute Gasteiger partial charge is 0.481 e. The highest BCUT2D eigenvalue weighted by molar-refractivity contribution is 6.31. The highest BCUT2D eigenvalue weighted by atomic mass is 35.5. The number of rotatable bonds is 0. The summed E-state index contributed by atoms with van der Waals surface area (Å²) < 4.78 is 0. The van der Waals surface area contributed by atoms with Gasteiger partial charge in [-0.3, -0.25) is 4.79 Å². The number of para-hydroxylation sites is 1. The third kappa shape index (κ3) is 4.78. The minimum absolute atomic E-state index is 0.706. The van der Waals surface area contributed by atoms with Crippen molar-refractivity contribution in [3.05, 3.63) is 53.1 Å². The second-order valence-corrected chi connectivity index (χ2v) is 7.01. The van der Waals surface area contributed by atoms with Gasteiger partial charge in [-0.1, -0.05) is 23.7 Å². The number of carbonyl (C=O) groups is 1. The molecule has 2 aliphatic rings. The molecule has 0 bridgehead atoms. The van der Waals surface area contributed by atoms with Gasteiger partial charge in [0.05, 0.1) is 11.4 Å². The third-order valence-electron chi connectivity index (χ3n) is 4.43. The molecule has 2 heterocycles. The predicted octanol–water partition coefficient (Wildman–Crippen LogP) is 3.81. The van der Waals surface area contributed by atoms with Crippen LogP contribution in [0, 0.1) is 0 Å². The van der Waals surface area contributed by atoms with E-state index in [4.69, 9.17) is 26.5 Å². The van der Waals surface area contributed by atoms with Crippen LogP contribution in [0.4, 0.5) is 17.1 Å². The first-order valence-corrected chi connectivity index (χ1v) is 9.19. The third-order valence-corrected chi connectivity index (χ3v) is 4.66. The Morgan fingerprint density at radius 1 is 1.11 bits per heavy atom. The molecule has 7 heteroatoms. The van der Waals surface area contributed by atoms with E-state index in [0.29, 0.717) is 5.02 Å². The van der Waals surface area contributed by atoms with Crippen LogP contribution in [0.25, 0.3) is 0 Å². The Balaban J connectivity index is 0.000000481. The van der Waals surface area contributed by atoms with E-state index < -0.39 is 5.97 Å². The van der Waals surface area contributed by atoms with Crippen molar-refractivity contribution in [3.63, 3.8) is 0 Å². The van der Waals surface area contributed by atoms with Crippen LogP contribution in [0.2, 0.25) is 5.02 Å². The van der Waals surface area contributed by atoms with Crippen molar-refractivity contribution in [2.75, 3.05) is 38.5 Å². The lowest BCUT2D eigenvalue weighted by Crippen LogP contribution is -2.47. The van der Waals surface area contributed by atoms with E-state index in [9.17, 15) is 0 Å². The van der Waals surface area contributed by atoms with Crippen LogP contribution in [0.5, 0.6) is 0 Å². The average molecular weight is 387 g/mol. The number of amidine groups is 1. The number of aliphatic carboxylic acids is 1. The fourth-order valence-electron chi connectivity index (χ4n) is 3.07. The summed E-state index contributed by atoms with van der Waals surface area (Å²) in [5.41, 5.74) is 4.12. The molecule has 2 N–H and O–H groups in total. The summed E-state index contributed by atoms with van der Waals surface area (Å²) >= 11 is 6.18. The fraction of sp³-hybridized carbons (Fsp3) is 0.300. The van der Waals surface area contributed by atoms with Gasteiger partial charge in [0.15, 0.2) is 0 Å². The molecule has 4 rings (SSSR count). The number of hydrogen-bond donors (Lipinski definition) is 2. The Bertz CT molecular complexity index is 857. The molecule has 0 saturated carbocycles. The van der Waals surface area contributed by atoms with Crippen molar-refractivity contribution in [3.8, 4) is 0 Å². The van der Waals surface area contributed by atoms with Gasteiger partial charge in [0.1, 0.15) is 5.84 Å². The van der Waals surface area contributed by atoms with E-state index in [-0.39, 0.29) is 0 Å². The molecule has 1 saturated heterocycles. The van der Waals surface area contributed by atoms with Crippen molar-refractivity contribution >= 4 is 40.5 Å². The van der Waals surface area contributed by atoms with Crippen LogP contribution in [0.3, 0.4) is 0 Å². The molecular formula is C20H23ClN4O2. The first kappa shape index (κ1) is 19.2. The first-order chi connectivity index (χ1) is 12.9. The molecule has 0 radical (unpaired) electrons. The van der Waals surface area contributed by atoms with Crippen molar-refractivity contribution in [1.29, 1.82) is 0 Å². The first-order valence-electron chi connectivity index (χ1n) is 8.82. The molecule has 0 aromatic heterocycles. The second kappa shape index (κ2) is 8.41. The van der Waals surface area contributed by atoms with Crippen LogP contribution < -0.4 is 5.32 Å². The lowest BCUT2D eigenvalue weighted by Gasteiger charge is -2.34. The molecule has 0 aliphatic carbocycles. The monoisotopic (exact) mass is 386 g/mol. The van der Waals surface area contributed by atoms with Gasteiger partial charge in [-0.25, -0.2) is 4.99 Å². The summed E-state index contributed by atoms with van der Waals surface area (Å²) in [7, 11) is 2.16. The SMILES string of the molecule is CC(=O)O.CN1CCN(C2=Nc3cc(Cl)ccc3Nc3ccccc32)CC1. The predicted molar refractivity (Wildman–Crippen MR) is 110 cm³/mol. The summed E-state index contributed by atoms with van der Waals surface area (Å²) in [6, 6.07) is 14.2. The molecular weight excluding hydrogens is 364 g/mol. The number of hydrogen-bond acceptors (Lipinski definition) is 5. The Hall–Kier alpha value is -2.57. The molecule has 0 spiro atoms. The van der Waals surface area contributed by atoms with E-state index in [2.05, 4.69) is 40.4 Å². The summed E-state index contributed by atoms with van der Waals surface area (Å²) in [4.78, 5) is 18.7. The van der Waals surface area contributed by atoms with E-state index in [0.717, 1.165) is 61.6 Å². The van der Waals surface area contributed by atoms with Crippen LogP contribution in [-0.4, -0.2) is 59.9 Å². The van der Waals surface area contributed by atoms with Crippen molar-refractivity contribution < 1.29 is 9.90 Å². The Morgan fingerprint density at radius 2 is 1.78 bits per heavy atom. The summed E-state index contributed by atoms with van der Waals surface area (Å²) in [6.07, 6.45) is 0. The highest BCUT2D eigenvalue weighted by Gasteiger charge is 2.23. The number of anilines is 2. The highest BCUT2D eigenvalue weighted by Crippen LogP contribution is 2.36. The van der Waals surface area contributed by atoms with Gasteiger partial charge in [0.25, 0.3) is 5.97 Å². The Kier molecular flexibility index (Phi) is 5.98. The van der Waals surface area contributed by atoms with Crippen LogP contribution in [0.15, 0.2) is 47.5 Å². The minimum Gasteiger partial charge on any atom is -0.481 e. The normalized spacial score (nSPS) is 16.0. The van der Waals surface area contributed by atoms with Gasteiger partial charge in [-0.05, 0) is 37.4 Å². The molecule has 0 amide bonds. The van der Waals surface area contributed by atoms with Gasteiger partial charge in [0, 0.05) is 49.4 Å². The van der Waals surface area contributed by atoms with Crippen molar-refractivity contribution in [2.24, 2.45) is 4.99 Å². The van der Waals surface area contributed by atoms with E-state index >= 15 is 0 Å². The summed E-state index contributed by atoms with van der Waals surface area (Å²) in [5, 5.41) is 11.6. The summed E-state index contributed by atoms with van der Waals surface area (Å²) in [5.74, 6) is 0.196.